The SMILES string of the molecule is CCn1cc(C(=O)O)c(=O)c2cnc(N3CCNCC3)nc21.CCn1cc(C(=O)O)c(=O)c2cnc(N3CCNCC3)nc21.CCn1cc(C(=O)O)c(=O)c2cnc(N3CCNCC3)nc21.CCn1cc(C(=O)O)c(=O)c2cnc(N3CCNCC3)nc21.[Cl-].[Cl-].[Cl-].[La+3]. The molecule has 8 N–H and O–H groups in total. The minimum atomic E-state index is -1.24. The third-order valence-electron chi connectivity index (χ3n) is 15.1. The zero-order valence-electron chi connectivity index (χ0n) is 50.7. The summed E-state index contributed by atoms with van der Waals surface area (Å²) in [5.41, 5.74) is -1.30. The van der Waals surface area contributed by atoms with Crippen LogP contribution in [0.15, 0.2) is 68.8 Å². The molecule has 32 nitrogen and oxygen atoms in total. The van der Waals surface area contributed by atoms with Crippen molar-refractivity contribution in [3.8, 4) is 0 Å². The predicted octanol–water partition coefficient (Wildman–Crippen LogP) is -9.31. The van der Waals surface area contributed by atoms with Crippen LogP contribution in [-0.4, -0.2) is 207 Å². The number of pyridine rings is 4. The molecule has 36 heteroatoms. The quantitative estimate of drug-likeness (QED) is 0.0563. The van der Waals surface area contributed by atoms with Crippen LogP contribution in [0.3, 0.4) is 0 Å². The van der Waals surface area contributed by atoms with Crippen LogP contribution < -0.4 is 99.8 Å². The molecule has 4 saturated heterocycles. The van der Waals surface area contributed by atoms with Crippen LogP contribution in [0.4, 0.5) is 23.8 Å². The first-order valence-corrected chi connectivity index (χ1v) is 28.8. The van der Waals surface area contributed by atoms with E-state index in [0.717, 1.165) is 105 Å². The fourth-order valence-electron chi connectivity index (χ4n) is 10.3. The Morgan fingerprint density at radius 3 is 0.685 bits per heavy atom. The van der Waals surface area contributed by atoms with Gasteiger partial charge in [0.1, 0.15) is 44.8 Å². The molecule has 0 radical (unpaired) electrons. The van der Waals surface area contributed by atoms with Crippen molar-refractivity contribution in [3.05, 3.63) is 113 Å². The molecule has 4 aliphatic heterocycles. The summed E-state index contributed by atoms with van der Waals surface area (Å²) in [6.45, 7) is 22.9. The van der Waals surface area contributed by atoms with Crippen molar-refractivity contribution in [3.63, 3.8) is 0 Å². The minimum Gasteiger partial charge on any atom is -1.00 e. The van der Waals surface area contributed by atoms with Gasteiger partial charge in [0.05, 0.1) is 21.5 Å². The minimum absolute atomic E-state index is 0. The molecule has 8 aromatic heterocycles. The average Bonchev–Trinajstić information content (AvgIpc) is 0.833. The van der Waals surface area contributed by atoms with Crippen LogP contribution in [0.25, 0.3) is 44.1 Å². The van der Waals surface area contributed by atoms with Crippen molar-refractivity contribution >= 4 is 91.8 Å². The first kappa shape index (κ1) is 74.9. The van der Waals surface area contributed by atoms with Crippen LogP contribution in [0, 0.1) is 35.6 Å². The molecule has 0 aromatic carbocycles. The molecule has 0 aliphatic carbocycles. The standard InChI is InChI=1S/4C14H17N5O3.3ClH.La/c4*1-2-18-8-10(13(21)22)11(20)9-7-16-14(17-12(9)18)19-5-3-15-4-6-19;;;;/h4*7-8,15H,2-6H2,1H3,(H,21,22);3*1H;/q;;;;;;;+3/p-3. The second kappa shape index (κ2) is 34.2. The van der Waals surface area contributed by atoms with E-state index in [0.29, 0.717) is 72.6 Å². The number of hydrogen-bond donors (Lipinski definition) is 8. The number of fused-ring (bicyclic) bond motifs is 4. The Morgan fingerprint density at radius 1 is 0.359 bits per heavy atom. The van der Waals surface area contributed by atoms with Crippen molar-refractivity contribution in [1.29, 1.82) is 0 Å². The van der Waals surface area contributed by atoms with Gasteiger partial charge in [0.2, 0.25) is 45.5 Å². The largest absolute Gasteiger partial charge is 3.00 e. The summed E-state index contributed by atoms with van der Waals surface area (Å²) >= 11 is 0. The molecule has 0 atom stereocenters. The number of hydrogen-bond acceptors (Lipinski definition) is 24. The monoisotopic (exact) mass is 1460 g/mol. The summed E-state index contributed by atoms with van der Waals surface area (Å²) in [6.07, 6.45) is 11.1. The van der Waals surface area contributed by atoms with E-state index in [2.05, 4.69) is 61.1 Å². The van der Waals surface area contributed by atoms with Gasteiger partial charge in [-0.05, 0) is 27.7 Å². The van der Waals surface area contributed by atoms with Gasteiger partial charge in [0, 0.05) is 180 Å². The Balaban J connectivity index is 0.000000219. The summed E-state index contributed by atoms with van der Waals surface area (Å²) < 4.78 is 6.70. The van der Waals surface area contributed by atoms with Gasteiger partial charge in [-0.25, -0.2) is 39.1 Å². The molecule has 0 spiro atoms. The molecule has 12 rings (SSSR count). The third kappa shape index (κ3) is 16.7. The van der Waals surface area contributed by atoms with Gasteiger partial charge in [-0.1, -0.05) is 0 Å². The van der Waals surface area contributed by atoms with Gasteiger partial charge in [-0.3, -0.25) is 19.2 Å². The van der Waals surface area contributed by atoms with E-state index in [4.69, 9.17) is 20.4 Å². The van der Waals surface area contributed by atoms with E-state index in [1.165, 1.54) is 49.6 Å². The van der Waals surface area contributed by atoms with Crippen molar-refractivity contribution in [1.82, 2.24) is 79.4 Å². The zero-order chi connectivity index (χ0) is 62.8. The fraction of sp³-hybridized carbons (Fsp3) is 0.429. The molecule has 0 saturated carbocycles. The second-order valence-corrected chi connectivity index (χ2v) is 20.4. The fourth-order valence-corrected chi connectivity index (χ4v) is 10.3. The number of nitrogens with one attached hydrogen (secondary N) is 4. The third-order valence-corrected chi connectivity index (χ3v) is 15.1. The van der Waals surface area contributed by atoms with Crippen molar-refractivity contribution < 1.29 is 112 Å². The number of aromatic nitrogens is 12. The first-order valence-electron chi connectivity index (χ1n) is 28.8. The molecule has 0 bridgehead atoms. The average molecular weight is 1460 g/mol. The summed E-state index contributed by atoms with van der Waals surface area (Å²) in [5, 5.41) is 50.5. The number of anilines is 4. The maximum atomic E-state index is 12.2. The van der Waals surface area contributed by atoms with Crippen LogP contribution >= 0.6 is 0 Å². The van der Waals surface area contributed by atoms with Gasteiger partial charge < -0.3 is 117 Å². The molecule has 8 aromatic rings. The number of halogens is 3. The number of piperazine rings is 4. The summed E-state index contributed by atoms with van der Waals surface area (Å²) in [7, 11) is 0. The van der Waals surface area contributed by atoms with E-state index in [1.807, 2.05) is 47.3 Å². The number of carboxylic acids is 4. The smallest absolute Gasteiger partial charge is 1.00 e. The number of rotatable bonds is 12. The molecule has 12 heterocycles. The molecule has 4 aliphatic rings. The van der Waals surface area contributed by atoms with E-state index in [-0.39, 0.29) is 117 Å². The van der Waals surface area contributed by atoms with E-state index >= 15 is 0 Å². The number of nitrogens with zero attached hydrogens (tertiary/aromatic N) is 16. The van der Waals surface area contributed by atoms with Gasteiger partial charge in [0.15, 0.2) is 0 Å². The number of carbonyl (C=O) groups is 4. The molecular weight excluding hydrogens is 1390 g/mol. The van der Waals surface area contributed by atoms with Crippen LogP contribution in [0.5, 0.6) is 0 Å². The topological polar surface area (TPSA) is 401 Å². The van der Waals surface area contributed by atoms with E-state index in [9.17, 15) is 38.4 Å². The Kier molecular flexibility index (Phi) is 27.8. The van der Waals surface area contributed by atoms with Gasteiger partial charge in [-0.2, -0.15) is 19.9 Å². The Bertz CT molecular complexity index is 3680. The maximum Gasteiger partial charge on any atom is 3.00 e. The van der Waals surface area contributed by atoms with Crippen LogP contribution in [-0.2, 0) is 26.2 Å². The van der Waals surface area contributed by atoms with Crippen molar-refractivity contribution in [2.75, 3.05) is 124 Å². The number of aryl methyl sites for hydroxylation is 4. The van der Waals surface area contributed by atoms with Crippen LogP contribution in [0.1, 0.15) is 69.1 Å². The Labute approximate surface area is 570 Å². The predicted molar refractivity (Wildman–Crippen MR) is 326 cm³/mol. The normalized spacial score (nSPS) is 14.6. The maximum absolute atomic E-state index is 12.2. The summed E-state index contributed by atoms with van der Waals surface area (Å²) in [5.74, 6) is -2.67. The molecule has 0 unspecified atom stereocenters. The second-order valence-electron chi connectivity index (χ2n) is 20.4. The molecular formula is C56H68Cl3LaN20O12. The zero-order valence-corrected chi connectivity index (χ0v) is 56.6. The van der Waals surface area contributed by atoms with E-state index in [1.54, 1.807) is 18.3 Å². The molecule has 0 amide bonds. The van der Waals surface area contributed by atoms with Crippen molar-refractivity contribution in [2.45, 2.75) is 53.9 Å². The number of carboxylic acid groups (broad SMARTS) is 4. The van der Waals surface area contributed by atoms with Crippen LogP contribution in [0.2, 0.25) is 0 Å². The van der Waals surface area contributed by atoms with E-state index < -0.39 is 45.6 Å². The van der Waals surface area contributed by atoms with Gasteiger partial charge in [-0.15, -0.1) is 0 Å². The summed E-state index contributed by atoms with van der Waals surface area (Å²) in [4.78, 5) is 137. The Hall–Kier alpha value is -7.86. The molecule has 4 fully saturated rings. The van der Waals surface area contributed by atoms with Gasteiger partial charge in [0.25, 0.3) is 0 Å². The molecule has 488 valence electrons. The van der Waals surface area contributed by atoms with Crippen molar-refractivity contribution in [2.24, 2.45) is 0 Å². The summed E-state index contributed by atoms with van der Waals surface area (Å²) in [6, 6.07) is 0. The molecule has 92 heavy (non-hydrogen) atoms. The first-order chi connectivity index (χ1) is 42.5. The number of aromatic carboxylic acids is 4. The van der Waals surface area contributed by atoms with Gasteiger partial charge >= 0.3 is 59.5 Å². The Morgan fingerprint density at radius 2 is 0.533 bits per heavy atom.